The van der Waals surface area contributed by atoms with Crippen LogP contribution in [-0.4, -0.2) is 34.1 Å². The maximum absolute atomic E-state index is 11.4. The molecule has 20 heavy (non-hydrogen) atoms. The van der Waals surface area contributed by atoms with Crippen molar-refractivity contribution >= 4 is 23.7 Å². The first-order chi connectivity index (χ1) is 9.60. The number of hydrogen-bond acceptors (Lipinski definition) is 6. The first-order valence-corrected chi connectivity index (χ1v) is 6.33. The van der Waals surface area contributed by atoms with Gasteiger partial charge in [-0.1, -0.05) is 11.8 Å². The van der Waals surface area contributed by atoms with Crippen LogP contribution in [0.25, 0.3) is 0 Å². The average Bonchev–Trinajstić information content (AvgIpc) is 2.47. The van der Waals surface area contributed by atoms with Gasteiger partial charge >= 0.3 is 11.9 Å². The topological polar surface area (TPSA) is 89.4 Å². The first-order valence-electron chi connectivity index (χ1n) is 5.51. The molecule has 0 aromatic carbocycles. The number of carboxylic acids is 1. The first kappa shape index (κ1) is 14.0. The van der Waals surface area contributed by atoms with Crippen molar-refractivity contribution in [1.82, 2.24) is 9.97 Å². The van der Waals surface area contributed by atoms with Gasteiger partial charge < -0.3 is 9.84 Å². The zero-order valence-corrected chi connectivity index (χ0v) is 11.3. The Morgan fingerprint density at radius 1 is 1.15 bits per heavy atom. The molecule has 0 aliphatic rings. The molecule has 0 radical (unpaired) electrons. The van der Waals surface area contributed by atoms with E-state index in [1.807, 2.05) is 0 Å². The molecule has 2 rings (SSSR count). The van der Waals surface area contributed by atoms with Gasteiger partial charge in [0.05, 0.1) is 18.2 Å². The van der Waals surface area contributed by atoms with Crippen molar-refractivity contribution in [3.8, 4) is 0 Å². The van der Waals surface area contributed by atoms with E-state index in [1.54, 1.807) is 18.2 Å². The fourth-order valence-corrected chi connectivity index (χ4v) is 2.14. The summed E-state index contributed by atoms with van der Waals surface area (Å²) < 4.78 is 4.63. The highest BCUT2D eigenvalue weighted by Gasteiger charge is 2.09. The highest BCUT2D eigenvalue weighted by molar-refractivity contribution is 7.99. The van der Waals surface area contributed by atoms with Gasteiger partial charge in [-0.3, -0.25) is 0 Å². The van der Waals surface area contributed by atoms with Gasteiger partial charge in [0, 0.05) is 12.4 Å². The Hall–Kier alpha value is -2.41. The molecule has 1 N–H and O–H groups in total. The minimum absolute atomic E-state index is 0.116. The van der Waals surface area contributed by atoms with Crippen molar-refractivity contribution in [1.29, 1.82) is 0 Å². The molecule has 6 nitrogen and oxygen atoms in total. The third kappa shape index (κ3) is 3.33. The Kier molecular flexibility index (Phi) is 4.31. The maximum Gasteiger partial charge on any atom is 0.337 e. The van der Waals surface area contributed by atoms with Crippen LogP contribution in [-0.2, 0) is 4.74 Å². The number of rotatable bonds is 4. The molecular weight excluding hydrogens is 280 g/mol. The van der Waals surface area contributed by atoms with Gasteiger partial charge in [-0.15, -0.1) is 0 Å². The summed E-state index contributed by atoms with van der Waals surface area (Å²) in [5, 5.41) is 9.94. The van der Waals surface area contributed by atoms with Gasteiger partial charge in [0.25, 0.3) is 0 Å². The number of methoxy groups -OCH3 is 1. The maximum atomic E-state index is 11.4. The van der Waals surface area contributed by atoms with Crippen molar-refractivity contribution in [3.05, 3.63) is 47.8 Å². The lowest BCUT2D eigenvalue weighted by atomic mass is 10.3. The molecule has 0 unspecified atom stereocenters. The molecule has 0 aliphatic carbocycles. The number of hydrogen-bond donors (Lipinski definition) is 1. The standard InChI is InChI=1S/C13H10N2O4S/c1-19-13(18)8-4-5-14-11(6-8)20-10-3-2-9(7-15-10)12(16)17/h2-7H,1H3,(H,16,17). The van der Waals surface area contributed by atoms with Crippen molar-refractivity contribution < 1.29 is 19.4 Å². The smallest absolute Gasteiger partial charge is 0.337 e. The minimum atomic E-state index is -1.03. The molecular formula is C13H10N2O4S. The van der Waals surface area contributed by atoms with E-state index in [-0.39, 0.29) is 5.56 Å². The number of pyridine rings is 2. The third-order valence-electron chi connectivity index (χ3n) is 2.35. The van der Waals surface area contributed by atoms with Gasteiger partial charge in [-0.25, -0.2) is 19.6 Å². The number of carbonyl (C=O) groups excluding carboxylic acids is 1. The summed E-state index contributed by atoms with van der Waals surface area (Å²) in [5.74, 6) is -1.47. The van der Waals surface area contributed by atoms with Crippen molar-refractivity contribution in [3.63, 3.8) is 0 Å². The quantitative estimate of drug-likeness (QED) is 0.862. The van der Waals surface area contributed by atoms with Crippen LogP contribution in [0.1, 0.15) is 20.7 Å². The molecule has 0 spiro atoms. The van der Waals surface area contributed by atoms with Crippen LogP contribution in [0.2, 0.25) is 0 Å². The normalized spacial score (nSPS) is 10.1. The highest BCUT2D eigenvalue weighted by Crippen LogP contribution is 2.24. The second-order valence-electron chi connectivity index (χ2n) is 3.67. The fraction of sp³-hybridized carbons (Fsp3) is 0.0769. The summed E-state index contributed by atoms with van der Waals surface area (Å²) in [6.07, 6.45) is 2.77. The predicted octanol–water partition coefficient (Wildman–Crippen LogP) is 2.11. The van der Waals surface area contributed by atoms with Crippen LogP contribution >= 0.6 is 11.8 Å². The van der Waals surface area contributed by atoms with Gasteiger partial charge in [-0.2, -0.15) is 0 Å². The third-order valence-corrected chi connectivity index (χ3v) is 3.23. The van der Waals surface area contributed by atoms with Gasteiger partial charge in [0.2, 0.25) is 0 Å². The van der Waals surface area contributed by atoms with Gasteiger partial charge in [0.15, 0.2) is 0 Å². The largest absolute Gasteiger partial charge is 0.478 e. The second kappa shape index (κ2) is 6.16. The minimum Gasteiger partial charge on any atom is -0.478 e. The molecule has 0 bridgehead atoms. The van der Waals surface area contributed by atoms with Crippen molar-refractivity contribution in [2.45, 2.75) is 10.1 Å². The zero-order chi connectivity index (χ0) is 14.5. The van der Waals surface area contributed by atoms with Crippen LogP contribution in [0.5, 0.6) is 0 Å². The number of aromatic carboxylic acids is 1. The fourth-order valence-electron chi connectivity index (χ4n) is 1.38. The van der Waals surface area contributed by atoms with Crippen LogP contribution in [0.3, 0.4) is 0 Å². The molecule has 0 amide bonds. The lowest BCUT2D eigenvalue weighted by molar-refractivity contribution is 0.0599. The van der Waals surface area contributed by atoms with Crippen molar-refractivity contribution in [2.24, 2.45) is 0 Å². The van der Waals surface area contributed by atoms with E-state index in [4.69, 9.17) is 5.11 Å². The van der Waals surface area contributed by atoms with Crippen molar-refractivity contribution in [2.75, 3.05) is 7.11 Å². The molecule has 2 aromatic heterocycles. The van der Waals surface area contributed by atoms with E-state index in [9.17, 15) is 9.59 Å². The lowest BCUT2D eigenvalue weighted by Crippen LogP contribution is -2.01. The molecule has 102 valence electrons. The van der Waals surface area contributed by atoms with E-state index in [0.29, 0.717) is 15.6 Å². The van der Waals surface area contributed by atoms with E-state index in [0.717, 1.165) is 0 Å². The second-order valence-corrected chi connectivity index (χ2v) is 4.71. The van der Waals surface area contributed by atoms with E-state index < -0.39 is 11.9 Å². The Morgan fingerprint density at radius 2 is 1.95 bits per heavy atom. The monoisotopic (exact) mass is 290 g/mol. The number of ether oxygens (including phenoxy) is 1. The summed E-state index contributed by atoms with van der Waals surface area (Å²) in [7, 11) is 1.31. The predicted molar refractivity (Wildman–Crippen MR) is 70.9 cm³/mol. The summed E-state index contributed by atoms with van der Waals surface area (Å²) in [6.45, 7) is 0. The van der Waals surface area contributed by atoms with Crippen LogP contribution in [0.4, 0.5) is 0 Å². The highest BCUT2D eigenvalue weighted by atomic mass is 32.2. The molecule has 0 saturated carbocycles. The Labute approximate surface area is 118 Å². The molecule has 0 saturated heterocycles. The number of carbonyl (C=O) groups is 2. The number of aromatic nitrogens is 2. The van der Waals surface area contributed by atoms with Gasteiger partial charge in [-0.05, 0) is 24.3 Å². The molecule has 0 fully saturated rings. The molecule has 0 atom stereocenters. The van der Waals surface area contributed by atoms with E-state index in [1.165, 1.54) is 37.3 Å². The molecule has 2 aromatic rings. The molecule has 7 heteroatoms. The molecule has 2 heterocycles. The van der Waals surface area contributed by atoms with E-state index >= 15 is 0 Å². The SMILES string of the molecule is COC(=O)c1ccnc(Sc2ccc(C(=O)O)cn2)c1. The zero-order valence-electron chi connectivity index (χ0n) is 10.4. The van der Waals surface area contributed by atoms with Crippen LogP contribution < -0.4 is 0 Å². The summed E-state index contributed by atoms with van der Waals surface area (Å²) >= 11 is 1.23. The van der Waals surface area contributed by atoms with Crippen LogP contribution in [0, 0.1) is 0 Å². The summed E-state index contributed by atoms with van der Waals surface area (Å²) in [5.41, 5.74) is 0.512. The van der Waals surface area contributed by atoms with E-state index in [2.05, 4.69) is 14.7 Å². The number of carboxylic acid groups (broad SMARTS) is 1. The average molecular weight is 290 g/mol. The Balaban J connectivity index is 2.17. The Morgan fingerprint density at radius 3 is 2.55 bits per heavy atom. The summed E-state index contributed by atoms with van der Waals surface area (Å²) in [6, 6.07) is 6.18. The summed E-state index contributed by atoms with van der Waals surface area (Å²) in [4.78, 5) is 30.2. The molecule has 0 aliphatic heterocycles. The Bertz CT molecular complexity index is 643. The number of esters is 1. The lowest BCUT2D eigenvalue weighted by Gasteiger charge is -2.03. The van der Waals surface area contributed by atoms with Crippen LogP contribution in [0.15, 0.2) is 46.7 Å². The van der Waals surface area contributed by atoms with Gasteiger partial charge in [0.1, 0.15) is 10.1 Å². The number of nitrogens with zero attached hydrogens (tertiary/aromatic N) is 2.